The third-order valence-electron chi connectivity index (χ3n) is 3.10. The lowest BCUT2D eigenvalue weighted by molar-refractivity contribution is 0.467. The Balaban J connectivity index is 1.90. The lowest BCUT2D eigenvalue weighted by Gasteiger charge is -2.15. The summed E-state index contributed by atoms with van der Waals surface area (Å²) in [5.74, 6) is 1.81. The van der Waals surface area contributed by atoms with Crippen molar-refractivity contribution in [2.24, 2.45) is 0 Å². The molecule has 2 heterocycles. The van der Waals surface area contributed by atoms with E-state index in [1.807, 2.05) is 43.6 Å². The number of aromatic nitrogens is 1. The smallest absolute Gasteiger partial charge is 0.126 e. The standard InChI is InChI=1S/C14H15N3OS/c1-8-3-5-11(18-8)9(2)17-10-4-6-12-14(13(10)15)16-7-19-12/h3-7,9,17H,15H2,1-2H3. The number of anilines is 2. The van der Waals surface area contributed by atoms with Gasteiger partial charge in [-0.2, -0.15) is 0 Å². The third kappa shape index (κ3) is 2.17. The molecule has 0 bridgehead atoms. The maximum atomic E-state index is 6.15. The van der Waals surface area contributed by atoms with Crippen LogP contribution in [0.1, 0.15) is 24.5 Å². The minimum Gasteiger partial charge on any atom is -0.464 e. The third-order valence-corrected chi connectivity index (χ3v) is 3.90. The number of hydrogen-bond acceptors (Lipinski definition) is 5. The van der Waals surface area contributed by atoms with Gasteiger partial charge in [-0.05, 0) is 38.1 Å². The van der Waals surface area contributed by atoms with Crippen LogP contribution in [0, 0.1) is 6.92 Å². The number of fused-ring (bicyclic) bond motifs is 1. The average Bonchev–Trinajstić information content (AvgIpc) is 3.01. The van der Waals surface area contributed by atoms with E-state index in [0.29, 0.717) is 5.69 Å². The second-order valence-electron chi connectivity index (χ2n) is 4.54. The summed E-state index contributed by atoms with van der Waals surface area (Å²) in [5.41, 5.74) is 10.4. The second kappa shape index (κ2) is 4.59. The number of hydrogen-bond donors (Lipinski definition) is 2. The summed E-state index contributed by atoms with van der Waals surface area (Å²) in [5, 5.41) is 3.37. The van der Waals surface area contributed by atoms with Gasteiger partial charge in [-0.25, -0.2) is 4.98 Å². The molecule has 0 aliphatic heterocycles. The summed E-state index contributed by atoms with van der Waals surface area (Å²) in [7, 11) is 0. The quantitative estimate of drug-likeness (QED) is 0.709. The summed E-state index contributed by atoms with van der Waals surface area (Å²) >= 11 is 1.59. The number of nitrogen functional groups attached to an aromatic ring is 1. The number of nitrogens with two attached hydrogens (primary N) is 1. The summed E-state index contributed by atoms with van der Waals surface area (Å²) in [4.78, 5) is 4.29. The fourth-order valence-corrected chi connectivity index (χ4v) is 2.76. The lowest BCUT2D eigenvalue weighted by Crippen LogP contribution is -2.07. The Bertz CT molecular complexity index is 716. The fraction of sp³-hybridized carbons (Fsp3) is 0.214. The molecule has 0 saturated carbocycles. The molecule has 3 N–H and O–H groups in total. The van der Waals surface area contributed by atoms with Gasteiger partial charge in [0.25, 0.3) is 0 Å². The van der Waals surface area contributed by atoms with Crippen molar-refractivity contribution in [3.8, 4) is 0 Å². The summed E-state index contributed by atoms with van der Waals surface area (Å²) in [6, 6.07) is 8.02. The molecule has 19 heavy (non-hydrogen) atoms. The van der Waals surface area contributed by atoms with Crippen molar-refractivity contribution in [2.45, 2.75) is 19.9 Å². The van der Waals surface area contributed by atoms with Gasteiger partial charge in [-0.15, -0.1) is 11.3 Å². The first-order valence-electron chi connectivity index (χ1n) is 6.09. The fourth-order valence-electron chi connectivity index (χ4n) is 2.07. The van der Waals surface area contributed by atoms with Crippen molar-refractivity contribution >= 4 is 32.9 Å². The van der Waals surface area contributed by atoms with Crippen LogP contribution < -0.4 is 11.1 Å². The van der Waals surface area contributed by atoms with Gasteiger partial charge in [0.2, 0.25) is 0 Å². The highest BCUT2D eigenvalue weighted by molar-refractivity contribution is 7.16. The van der Waals surface area contributed by atoms with Crippen LogP contribution >= 0.6 is 11.3 Å². The summed E-state index contributed by atoms with van der Waals surface area (Å²) in [6.07, 6.45) is 0. The first kappa shape index (κ1) is 12.0. The molecule has 0 aliphatic carbocycles. The Morgan fingerprint density at radius 2 is 2.16 bits per heavy atom. The molecule has 2 aromatic heterocycles. The SMILES string of the molecule is Cc1ccc(C(C)Nc2ccc3scnc3c2N)o1. The number of nitrogens with zero attached hydrogens (tertiary/aromatic N) is 1. The van der Waals surface area contributed by atoms with Crippen LogP contribution in [0.15, 0.2) is 34.2 Å². The van der Waals surface area contributed by atoms with Crippen LogP contribution in [0.3, 0.4) is 0 Å². The van der Waals surface area contributed by atoms with Crippen molar-refractivity contribution in [1.82, 2.24) is 4.98 Å². The average molecular weight is 273 g/mol. The minimum atomic E-state index is 0.0621. The van der Waals surface area contributed by atoms with Gasteiger partial charge in [-0.1, -0.05) is 0 Å². The molecule has 0 saturated heterocycles. The van der Waals surface area contributed by atoms with E-state index in [0.717, 1.165) is 27.4 Å². The number of aryl methyl sites for hydroxylation is 1. The zero-order chi connectivity index (χ0) is 13.4. The van der Waals surface area contributed by atoms with E-state index in [1.165, 1.54) is 0 Å². The van der Waals surface area contributed by atoms with Crippen molar-refractivity contribution in [1.29, 1.82) is 0 Å². The Morgan fingerprint density at radius 1 is 1.32 bits per heavy atom. The number of furan rings is 1. The molecule has 1 unspecified atom stereocenters. The molecule has 3 aromatic rings. The van der Waals surface area contributed by atoms with E-state index in [2.05, 4.69) is 10.3 Å². The number of thiazole rings is 1. The Labute approximate surface area is 115 Å². The highest BCUT2D eigenvalue weighted by Crippen LogP contribution is 2.32. The molecule has 0 fully saturated rings. The van der Waals surface area contributed by atoms with E-state index < -0.39 is 0 Å². The number of benzene rings is 1. The number of rotatable bonds is 3. The van der Waals surface area contributed by atoms with Gasteiger partial charge in [-0.3, -0.25) is 0 Å². The van der Waals surface area contributed by atoms with E-state index in [-0.39, 0.29) is 6.04 Å². The van der Waals surface area contributed by atoms with E-state index >= 15 is 0 Å². The van der Waals surface area contributed by atoms with Crippen molar-refractivity contribution < 1.29 is 4.42 Å². The van der Waals surface area contributed by atoms with Gasteiger partial charge in [0.15, 0.2) is 0 Å². The predicted octanol–water partition coefficient (Wildman–Crippen LogP) is 3.95. The van der Waals surface area contributed by atoms with Crippen molar-refractivity contribution in [3.05, 3.63) is 41.3 Å². The highest BCUT2D eigenvalue weighted by atomic mass is 32.1. The maximum absolute atomic E-state index is 6.15. The molecule has 0 aliphatic rings. The van der Waals surface area contributed by atoms with E-state index in [4.69, 9.17) is 10.2 Å². The van der Waals surface area contributed by atoms with Crippen LogP contribution in [0.5, 0.6) is 0 Å². The molecule has 3 rings (SSSR count). The van der Waals surface area contributed by atoms with Gasteiger partial charge >= 0.3 is 0 Å². The topological polar surface area (TPSA) is 64.1 Å². The molecular weight excluding hydrogens is 258 g/mol. The molecule has 1 atom stereocenters. The van der Waals surface area contributed by atoms with Gasteiger partial charge in [0.1, 0.15) is 17.0 Å². The Kier molecular flexibility index (Phi) is 2.91. The van der Waals surface area contributed by atoms with Crippen LogP contribution in [0.25, 0.3) is 10.2 Å². The van der Waals surface area contributed by atoms with Crippen LogP contribution in [-0.4, -0.2) is 4.98 Å². The van der Waals surface area contributed by atoms with Crippen LogP contribution in [0.4, 0.5) is 11.4 Å². The molecule has 0 amide bonds. The van der Waals surface area contributed by atoms with Gasteiger partial charge in [0.05, 0.1) is 27.6 Å². The highest BCUT2D eigenvalue weighted by Gasteiger charge is 2.12. The van der Waals surface area contributed by atoms with Crippen molar-refractivity contribution in [3.63, 3.8) is 0 Å². The van der Waals surface area contributed by atoms with E-state index in [1.54, 1.807) is 11.3 Å². The number of nitrogens with one attached hydrogen (secondary N) is 1. The molecule has 5 heteroatoms. The zero-order valence-electron chi connectivity index (χ0n) is 10.8. The zero-order valence-corrected chi connectivity index (χ0v) is 11.6. The first-order chi connectivity index (χ1) is 9.15. The molecule has 98 valence electrons. The Morgan fingerprint density at radius 3 is 2.89 bits per heavy atom. The molecule has 4 nitrogen and oxygen atoms in total. The molecule has 0 radical (unpaired) electrons. The van der Waals surface area contributed by atoms with Crippen LogP contribution in [0.2, 0.25) is 0 Å². The monoisotopic (exact) mass is 273 g/mol. The first-order valence-corrected chi connectivity index (χ1v) is 6.97. The maximum Gasteiger partial charge on any atom is 0.126 e. The second-order valence-corrected chi connectivity index (χ2v) is 5.43. The summed E-state index contributed by atoms with van der Waals surface area (Å²) < 4.78 is 6.71. The van der Waals surface area contributed by atoms with Crippen LogP contribution in [-0.2, 0) is 0 Å². The van der Waals surface area contributed by atoms with Crippen molar-refractivity contribution in [2.75, 3.05) is 11.1 Å². The summed E-state index contributed by atoms with van der Waals surface area (Å²) in [6.45, 7) is 3.98. The predicted molar refractivity (Wildman–Crippen MR) is 79.5 cm³/mol. The minimum absolute atomic E-state index is 0.0621. The Hall–Kier alpha value is -2.01. The lowest BCUT2D eigenvalue weighted by atomic mass is 10.2. The normalized spacial score (nSPS) is 12.7. The van der Waals surface area contributed by atoms with Gasteiger partial charge < -0.3 is 15.5 Å². The molecule has 0 spiro atoms. The van der Waals surface area contributed by atoms with Gasteiger partial charge in [0, 0.05) is 0 Å². The van der Waals surface area contributed by atoms with E-state index in [9.17, 15) is 0 Å². The largest absolute Gasteiger partial charge is 0.464 e. The molecular formula is C14H15N3OS. The molecule has 1 aromatic carbocycles.